The Bertz CT molecular complexity index is 1270. The predicted octanol–water partition coefficient (Wildman–Crippen LogP) is 3.18. The van der Waals surface area contributed by atoms with Crippen molar-refractivity contribution in [3.63, 3.8) is 0 Å². The fraction of sp³-hybridized carbons (Fsp3) is 0.667. The van der Waals surface area contributed by atoms with Gasteiger partial charge < -0.3 is 31.9 Å². The predicted molar refractivity (Wildman–Crippen MR) is 183 cm³/mol. The van der Waals surface area contributed by atoms with Crippen LogP contribution >= 0.6 is 0 Å². The van der Waals surface area contributed by atoms with Gasteiger partial charge in [-0.1, -0.05) is 110 Å². The molecule has 0 radical (unpaired) electrons. The Labute approximate surface area is 285 Å². The summed E-state index contributed by atoms with van der Waals surface area (Å²) in [6.07, 6.45) is 9.68. The first-order valence-corrected chi connectivity index (χ1v) is 17.5. The van der Waals surface area contributed by atoms with Crippen molar-refractivity contribution in [3.05, 3.63) is 35.9 Å². The lowest BCUT2D eigenvalue weighted by Crippen LogP contribution is -2.61. The van der Waals surface area contributed by atoms with Gasteiger partial charge >= 0.3 is 6.03 Å². The summed E-state index contributed by atoms with van der Waals surface area (Å²) < 4.78 is 0. The van der Waals surface area contributed by atoms with Crippen molar-refractivity contribution in [1.82, 2.24) is 26.2 Å². The van der Waals surface area contributed by atoms with Crippen molar-refractivity contribution in [2.75, 3.05) is 13.1 Å². The molecule has 3 fully saturated rings. The van der Waals surface area contributed by atoms with Crippen molar-refractivity contribution >= 4 is 35.4 Å². The largest absolute Gasteiger partial charge is 0.363 e. The van der Waals surface area contributed by atoms with Gasteiger partial charge in [-0.3, -0.25) is 24.0 Å². The average Bonchev–Trinajstić information content (AvgIpc) is 3.66. The molecule has 0 spiro atoms. The zero-order valence-electron chi connectivity index (χ0n) is 29.3. The molecule has 3 aliphatic rings. The Balaban J connectivity index is 0.000000935. The summed E-state index contributed by atoms with van der Waals surface area (Å²) in [6.45, 7) is 9.86. The molecule has 6 amide bonds. The zero-order valence-corrected chi connectivity index (χ0v) is 29.3. The van der Waals surface area contributed by atoms with Crippen LogP contribution < -0.4 is 27.0 Å². The summed E-state index contributed by atoms with van der Waals surface area (Å²) in [6, 6.07) is 5.71. The van der Waals surface area contributed by atoms with Gasteiger partial charge in [0.25, 0.3) is 5.91 Å². The van der Waals surface area contributed by atoms with Gasteiger partial charge in [0.15, 0.2) is 0 Å². The second-order valence-electron chi connectivity index (χ2n) is 14.8. The van der Waals surface area contributed by atoms with Crippen LogP contribution in [-0.4, -0.2) is 71.6 Å². The van der Waals surface area contributed by atoms with Crippen LogP contribution in [0.25, 0.3) is 0 Å². The van der Waals surface area contributed by atoms with Crippen LogP contribution in [0.2, 0.25) is 0 Å². The maximum Gasteiger partial charge on any atom is 0.315 e. The summed E-state index contributed by atoms with van der Waals surface area (Å²) in [4.78, 5) is 77.9. The number of hydrogen-bond acceptors (Lipinski definition) is 6. The van der Waals surface area contributed by atoms with E-state index in [-0.39, 0.29) is 30.8 Å². The maximum absolute atomic E-state index is 13.8. The van der Waals surface area contributed by atoms with Crippen LogP contribution in [0.1, 0.15) is 98.0 Å². The molecule has 2 saturated carbocycles. The van der Waals surface area contributed by atoms with Crippen LogP contribution in [0.15, 0.2) is 30.3 Å². The third-order valence-corrected chi connectivity index (χ3v) is 9.70. The number of carbonyl (C=O) groups excluding carboxylic acids is 6. The van der Waals surface area contributed by atoms with E-state index < -0.39 is 53.1 Å². The molecule has 1 aliphatic heterocycles. The highest BCUT2D eigenvalue weighted by Crippen LogP contribution is 2.32. The summed E-state index contributed by atoms with van der Waals surface area (Å²) >= 11 is 0. The first kappa shape index (κ1) is 38.5. The minimum Gasteiger partial charge on any atom is -0.363 e. The van der Waals surface area contributed by atoms with E-state index in [1.807, 2.05) is 37.3 Å². The van der Waals surface area contributed by atoms with Crippen molar-refractivity contribution in [3.8, 4) is 0 Å². The van der Waals surface area contributed by atoms with E-state index in [2.05, 4.69) is 28.2 Å². The summed E-state index contributed by atoms with van der Waals surface area (Å²) in [5, 5.41) is 10.6. The van der Waals surface area contributed by atoms with E-state index in [0.717, 1.165) is 30.7 Å². The minimum absolute atomic E-state index is 0.218. The van der Waals surface area contributed by atoms with Gasteiger partial charge in [0.1, 0.15) is 12.1 Å². The highest BCUT2D eigenvalue weighted by molar-refractivity contribution is 6.37. The van der Waals surface area contributed by atoms with Gasteiger partial charge in [-0.25, -0.2) is 4.79 Å². The molecule has 4 atom stereocenters. The molecule has 2 aliphatic carbocycles. The standard InChI is InChI=1S/C30H44N6O6.C6H12/c1-18-13-14-36(23(18)27(40)34-21(24(38)26(31)39)15-19-11-8-12-19)28(41)25(30(2,3)4)35-29(42)33-17-22(37)32-16-20-9-6-5-7-10-20;1-6-4-2-3-5-6/h5-7,9-10,18-19,21,23,25H,8,11-17H2,1-4H3,(H2,31,39)(H,32,37)(H,34,40)(H2,33,35,42);6H,2-5H2,1H3/t18?,21?,23-,25?;/m0./s1. The number of likely N-dealkylation sites (tertiary alicyclic amines) is 1. The number of urea groups is 1. The van der Waals surface area contributed by atoms with Gasteiger partial charge in [0, 0.05) is 13.1 Å². The van der Waals surface area contributed by atoms with E-state index in [4.69, 9.17) is 5.73 Å². The van der Waals surface area contributed by atoms with Gasteiger partial charge in [-0.05, 0) is 41.6 Å². The number of nitrogens with one attached hydrogen (secondary N) is 4. The number of Topliss-reactive ketones (excluding diaryl/α,β-unsaturated/α-hetero) is 1. The van der Waals surface area contributed by atoms with E-state index >= 15 is 0 Å². The lowest BCUT2D eigenvalue weighted by molar-refractivity contribution is -0.144. The molecule has 0 aromatic heterocycles. The number of nitrogens with zero attached hydrogens (tertiary/aromatic N) is 1. The van der Waals surface area contributed by atoms with E-state index in [1.165, 1.54) is 30.6 Å². The van der Waals surface area contributed by atoms with Crippen LogP contribution in [0.4, 0.5) is 4.79 Å². The van der Waals surface area contributed by atoms with Crippen molar-refractivity contribution < 1.29 is 28.8 Å². The third-order valence-electron chi connectivity index (χ3n) is 9.70. The van der Waals surface area contributed by atoms with Gasteiger partial charge in [0.2, 0.25) is 23.5 Å². The topological polar surface area (TPSA) is 180 Å². The number of rotatable bonds is 12. The van der Waals surface area contributed by atoms with Crippen LogP contribution in [0, 0.1) is 23.2 Å². The van der Waals surface area contributed by atoms with E-state index in [9.17, 15) is 28.8 Å². The molecule has 4 rings (SSSR count). The number of benzene rings is 1. The summed E-state index contributed by atoms with van der Waals surface area (Å²) in [7, 11) is 0. The number of carbonyl (C=O) groups is 6. The summed E-state index contributed by atoms with van der Waals surface area (Å²) in [5.74, 6) is -2.27. The van der Waals surface area contributed by atoms with Crippen LogP contribution in [0.3, 0.4) is 0 Å². The molecule has 1 heterocycles. The quantitative estimate of drug-likeness (QED) is 0.214. The fourth-order valence-electron chi connectivity index (χ4n) is 6.46. The molecule has 12 heteroatoms. The Morgan fingerprint density at radius 2 is 1.52 bits per heavy atom. The molecule has 0 bridgehead atoms. The van der Waals surface area contributed by atoms with E-state index in [1.54, 1.807) is 20.8 Å². The lowest BCUT2D eigenvalue weighted by atomic mass is 9.80. The van der Waals surface area contributed by atoms with Gasteiger partial charge in [-0.2, -0.15) is 0 Å². The van der Waals surface area contributed by atoms with Gasteiger partial charge in [-0.15, -0.1) is 0 Å². The normalized spacial score (nSPS) is 20.7. The molecule has 3 unspecified atom stereocenters. The van der Waals surface area contributed by atoms with Gasteiger partial charge in [0.05, 0.1) is 12.6 Å². The molecular weight excluding hydrogens is 612 g/mol. The summed E-state index contributed by atoms with van der Waals surface area (Å²) in [5.41, 5.74) is 5.44. The second-order valence-corrected chi connectivity index (χ2v) is 14.8. The Morgan fingerprint density at radius 1 is 0.875 bits per heavy atom. The molecule has 1 aromatic carbocycles. The highest BCUT2D eigenvalue weighted by atomic mass is 16.2. The molecule has 12 nitrogen and oxygen atoms in total. The van der Waals surface area contributed by atoms with Crippen molar-refractivity contribution in [2.24, 2.45) is 28.9 Å². The van der Waals surface area contributed by atoms with Crippen molar-refractivity contribution in [1.29, 1.82) is 0 Å². The Kier molecular flexibility index (Phi) is 14.4. The minimum atomic E-state index is -1.11. The van der Waals surface area contributed by atoms with Crippen LogP contribution in [-0.2, 0) is 30.5 Å². The lowest BCUT2D eigenvalue weighted by Gasteiger charge is -2.36. The maximum atomic E-state index is 13.8. The second kappa shape index (κ2) is 18.0. The number of hydrogen-bond donors (Lipinski definition) is 5. The molecule has 1 aromatic rings. The number of amides is 6. The molecule has 266 valence electrons. The number of ketones is 1. The molecule has 1 saturated heterocycles. The molecule has 6 N–H and O–H groups in total. The fourth-order valence-corrected chi connectivity index (χ4v) is 6.46. The third kappa shape index (κ3) is 11.6. The first-order chi connectivity index (χ1) is 22.7. The average molecular weight is 669 g/mol. The SMILES string of the molecule is CC1CCCC1.CC1CCN(C(=O)C(NC(=O)NCC(=O)NCc2ccccc2)C(C)(C)C)[C@@H]1C(=O)NC(CC1CCC1)C(=O)C(N)=O. The monoisotopic (exact) mass is 668 g/mol. The Morgan fingerprint density at radius 3 is 2.04 bits per heavy atom. The molecule has 48 heavy (non-hydrogen) atoms. The van der Waals surface area contributed by atoms with Crippen molar-refractivity contribution in [2.45, 2.75) is 117 Å². The smallest absolute Gasteiger partial charge is 0.315 e. The first-order valence-electron chi connectivity index (χ1n) is 17.5. The van der Waals surface area contributed by atoms with Crippen LogP contribution in [0.5, 0.6) is 0 Å². The zero-order chi connectivity index (χ0) is 35.4. The number of primary amides is 1. The molecular formula is C36H56N6O6. The highest BCUT2D eigenvalue weighted by Gasteiger charge is 2.45. The van der Waals surface area contributed by atoms with E-state index in [0.29, 0.717) is 19.4 Å². The number of nitrogens with two attached hydrogens (primary N) is 1. The Hall–Kier alpha value is -3.96.